The molecule has 0 spiro atoms. The van der Waals surface area contributed by atoms with Crippen LogP contribution in [0.15, 0.2) is 18.2 Å². The average molecular weight is 311 g/mol. The lowest BCUT2D eigenvalue weighted by Crippen LogP contribution is -2.14. The van der Waals surface area contributed by atoms with Gasteiger partial charge in [0.15, 0.2) is 10.2 Å². The van der Waals surface area contributed by atoms with Crippen LogP contribution in [-0.4, -0.2) is 26.7 Å². The van der Waals surface area contributed by atoms with Gasteiger partial charge in [0.25, 0.3) is 5.69 Å². The van der Waals surface area contributed by atoms with Gasteiger partial charge >= 0.3 is 0 Å². The first-order chi connectivity index (χ1) is 9.45. The fourth-order valence-electron chi connectivity index (χ4n) is 1.40. The molecular weight excluding hydrogens is 302 g/mol. The number of nitrogens with one attached hydrogen (secondary N) is 1. The third-order valence-corrected chi connectivity index (χ3v) is 3.98. The van der Waals surface area contributed by atoms with Gasteiger partial charge in [-0.2, -0.15) is 0 Å². The molecule has 0 saturated heterocycles. The van der Waals surface area contributed by atoms with Gasteiger partial charge in [0, 0.05) is 19.1 Å². The van der Waals surface area contributed by atoms with Gasteiger partial charge < -0.3 is 5.32 Å². The largest absolute Gasteiger partial charge is 0.301 e. The molecule has 0 aliphatic carbocycles. The predicted molar refractivity (Wildman–Crippen MR) is 78.0 cm³/mol. The Kier molecular flexibility index (Phi) is 4.30. The number of aromatic nitrogens is 1. The van der Waals surface area contributed by atoms with Crippen LogP contribution < -0.4 is 5.32 Å². The van der Waals surface area contributed by atoms with E-state index in [9.17, 15) is 19.7 Å². The Morgan fingerprint density at radius 2 is 2.25 bits per heavy atom. The van der Waals surface area contributed by atoms with Gasteiger partial charge in [0.05, 0.1) is 20.9 Å². The van der Waals surface area contributed by atoms with E-state index in [4.69, 9.17) is 0 Å². The van der Waals surface area contributed by atoms with Crippen molar-refractivity contribution < 1.29 is 14.5 Å². The van der Waals surface area contributed by atoms with Crippen molar-refractivity contribution in [3.8, 4) is 0 Å². The first-order valence-corrected chi connectivity index (χ1v) is 7.24. The van der Waals surface area contributed by atoms with Crippen molar-refractivity contribution in [2.45, 2.75) is 6.92 Å². The number of nitro benzene ring substituents is 1. The van der Waals surface area contributed by atoms with Gasteiger partial charge in [-0.3, -0.25) is 19.7 Å². The number of carbonyl (C=O) groups excluding carboxylic acids is 2. The van der Waals surface area contributed by atoms with Crippen LogP contribution >= 0.6 is 23.1 Å². The minimum atomic E-state index is -0.485. The van der Waals surface area contributed by atoms with Crippen LogP contribution in [0.5, 0.6) is 0 Å². The van der Waals surface area contributed by atoms with Crippen LogP contribution in [0, 0.1) is 10.1 Å². The molecule has 1 aromatic carbocycles. The number of hydrogen-bond donors (Lipinski definition) is 1. The number of thioether (sulfide) groups is 1. The molecule has 20 heavy (non-hydrogen) atoms. The molecule has 0 atom stereocenters. The van der Waals surface area contributed by atoms with Crippen LogP contribution in [0.4, 0.5) is 10.8 Å². The lowest BCUT2D eigenvalue weighted by Gasteiger charge is -1.98. The SMILES string of the molecule is CC(=O)SCC(=O)Nc1nc2ccc([N+](=O)[O-])cc2s1. The average Bonchev–Trinajstić information content (AvgIpc) is 2.77. The van der Waals surface area contributed by atoms with Gasteiger partial charge in [-0.25, -0.2) is 4.98 Å². The number of nitro groups is 1. The molecule has 0 aliphatic rings. The van der Waals surface area contributed by atoms with Crippen molar-refractivity contribution in [1.29, 1.82) is 0 Å². The maximum atomic E-state index is 11.5. The molecule has 0 saturated carbocycles. The molecule has 0 aliphatic heterocycles. The molecule has 1 amide bonds. The first kappa shape index (κ1) is 14.4. The number of carbonyl (C=O) groups is 2. The van der Waals surface area contributed by atoms with Gasteiger partial charge in [0.2, 0.25) is 5.91 Å². The van der Waals surface area contributed by atoms with E-state index < -0.39 is 4.92 Å². The van der Waals surface area contributed by atoms with E-state index in [1.807, 2.05) is 0 Å². The second-order valence-electron chi connectivity index (χ2n) is 3.76. The van der Waals surface area contributed by atoms with E-state index in [0.717, 1.165) is 23.1 Å². The van der Waals surface area contributed by atoms with Crippen molar-refractivity contribution >= 4 is 55.2 Å². The zero-order chi connectivity index (χ0) is 14.7. The van der Waals surface area contributed by atoms with Gasteiger partial charge in [-0.05, 0) is 6.07 Å². The third kappa shape index (κ3) is 3.52. The number of rotatable bonds is 4. The maximum absolute atomic E-state index is 11.5. The Hall–Kier alpha value is -2.00. The van der Waals surface area contributed by atoms with Crippen LogP contribution in [-0.2, 0) is 9.59 Å². The summed E-state index contributed by atoms with van der Waals surface area (Å²) >= 11 is 2.06. The van der Waals surface area contributed by atoms with Gasteiger partial charge in [-0.1, -0.05) is 23.1 Å². The number of nitrogens with zero attached hydrogens (tertiary/aromatic N) is 2. The van der Waals surface area contributed by atoms with Crippen molar-refractivity contribution in [2.24, 2.45) is 0 Å². The maximum Gasteiger partial charge on any atom is 0.270 e. The summed E-state index contributed by atoms with van der Waals surface area (Å²) in [4.78, 5) is 36.6. The van der Waals surface area contributed by atoms with Gasteiger partial charge in [-0.15, -0.1) is 0 Å². The van der Waals surface area contributed by atoms with Crippen LogP contribution in [0.3, 0.4) is 0 Å². The van der Waals surface area contributed by atoms with E-state index in [0.29, 0.717) is 15.3 Å². The molecule has 0 unspecified atom stereocenters. The molecule has 104 valence electrons. The van der Waals surface area contributed by atoms with E-state index in [1.165, 1.54) is 25.1 Å². The molecule has 2 rings (SSSR count). The Morgan fingerprint density at radius 3 is 2.90 bits per heavy atom. The van der Waals surface area contributed by atoms with Crippen molar-refractivity contribution in [3.05, 3.63) is 28.3 Å². The third-order valence-electron chi connectivity index (χ3n) is 2.24. The molecule has 7 nitrogen and oxygen atoms in total. The highest BCUT2D eigenvalue weighted by Gasteiger charge is 2.12. The summed E-state index contributed by atoms with van der Waals surface area (Å²) in [5, 5.41) is 13.4. The lowest BCUT2D eigenvalue weighted by atomic mass is 10.3. The summed E-state index contributed by atoms with van der Waals surface area (Å²) in [7, 11) is 0. The molecule has 1 N–H and O–H groups in total. The fraction of sp³-hybridized carbons (Fsp3) is 0.182. The second-order valence-corrected chi connectivity index (χ2v) is 5.94. The highest BCUT2D eigenvalue weighted by molar-refractivity contribution is 8.14. The summed E-state index contributed by atoms with van der Waals surface area (Å²) in [5.41, 5.74) is 0.557. The highest BCUT2D eigenvalue weighted by atomic mass is 32.2. The molecule has 1 heterocycles. The number of fused-ring (bicyclic) bond motifs is 1. The van der Waals surface area contributed by atoms with Crippen molar-refractivity contribution in [2.75, 3.05) is 11.1 Å². The highest BCUT2D eigenvalue weighted by Crippen LogP contribution is 2.29. The van der Waals surface area contributed by atoms with E-state index in [2.05, 4.69) is 10.3 Å². The zero-order valence-corrected chi connectivity index (χ0v) is 11.9. The molecule has 2 aromatic rings. The molecule has 0 bridgehead atoms. The number of non-ortho nitro benzene ring substituents is 1. The normalized spacial score (nSPS) is 10.4. The standard InChI is InChI=1S/C11H9N3O4S2/c1-6(15)19-5-10(16)13-11-12-8-3-2-7(14(17)18)4-9(8)20-11/h2-4H,5H2,1H3,(H,12,13,16). The van der Waals surface area contributed by atoms with Crippen molar-refractivity contribution in [1.82, 2.24) is 4.98 Å². The molecule has 0 radical (unpaired) electrons. The summed E-state index contributed by atoms with van der Waals surface area (Å²) < 4.78 is 0.619. The lowest BCUT2D eigenvalue weighted by molar-refractivity contribution is -0.384. The quantitative estimate of drug-likeness (QED) is 0.687. The van der Waals surface area contributed by atoms with Crippen molar-refractivity contribution in [3.63, 3.8) is 0 Å². The summed E-state index contributed by atoms with van der Waals surface area (Å²) in [6, 6.07) is 4.30. The minimum Gasteiger partial charge on any atom is -0.301 e. The first-order valence-electron chi connectivity index (χ1n) is 5.44. The Labute approximate surface area is 121 Å². The van der Waals surface area contributed by atoms with Crippen LogP contribution in [0.2, 0.25) is 0 Å². The minimum absolute atomic E-state index is 0.0193. The predicted octanol–water partition coefficient (Wildman–Crippen LogP) is 2.42. The number of amides is 1. The molecule has 1 aromatic heterocycles. The fourth-order valence-corrected chi connectivity index (χ4v) is 2.72. The zero-order valence-electron chi connectivity index (χ0n) is 10.3. The summed E-state index contributed by atoms with van der Waals surface area (Å²) in [6.07, 6.45) is 0. The molecular formula is C11H9N3O4S2. The van der Waals surface area contributed by atoms with Crippen LogP contribution in [0.25, 0.3) is 10.2 Å². The Balaban J connectivity index is 2.13. The second kappa shape index (κ2) is 5.97. The summed E-state index contributed by atoms with van der Waals surface area (Å²) in [5.74, 6) is -0.315. The number of hydrogen-bond acceptors (Lipinski definition) is 7. The van der Waals surface area contributed by atoms with E-state index in [-0.39, 0.29) is 22.5 Å². The number of benzene rings is 1. The molecule has 0 fully saturated rings. The topological polar surface area (TPSA) is 102 Å². The van der Waals surface area contributed by atoms with Gasteiger partial charge in [0.1, 0.15) is 0 Å². The summed E-state index contributed by atoms with van der Waals surface area (Å²) in [6.45, 7) is 1.38. The van der Waals surface area contributed by atoms with E-state index in [1.54, 1.807) is 0 Å². The van der Waals surface area contributed by atoms with E-state index >= 15 is 0 Å². The van der Waals surface area contributed by atoms with Crippen LogP contribution in [0.1, 0.15) is 6.92 Å². The Bertz CT molecular complexity index is 698. The number of anilines is 1. The number of thiazole rings is 1. The monoisotopic (exact) mass is 311 g/mol. The Morgan fingerprint density at radius 1 is 1.50 bits per heavy atom. The smallest absolute Gasteiger partial charge is 0.270 e. The molecule has 9 heteroatoms.